The Morgan fingerprint density at radius 2 is 2.03 bits per heavy atom. The summed E-state index contributed by atoms with van der Waals surface area (Å²) in [6, 6.07) is 10.3. The number of ether oxygens (including phenoxy) is 1. The number of thioether (sulfide) groups is 1. The molecule has 1 amide bonds. The van der Waals surface area contributed by atoms with Crippen molar-refractivity contribution in [2.24, 2.45) is 5.92 Å². The molecule has 0 aliphatic heterocycles. The molecule has 0 radical (unpaired) electrons. The van der Waals surface area contributed by atoms with Gasteiger partial charge in [-0.1, -0.05) is 31.5 Å². The van der Waals surface area contributed by atoms with E-state index >= 15 is 0 Å². The minimum absolute atomic E-state index is 0.00695. The third kappa shape index (κ3) is 5.14. The largest absolute Gasteiger partial charge is 0.497 e. The van der Waals surface area contributed by atoms with Crippen molar-refractivity contribution in [1.29, 1.82) is 5.26 Å². The van der Waals surface area contributed by atoms with Crippen LogP contribution in [0.2, 0.25) is 0 Å². The zero-order valence-corrected chi connectivity index (χ0v) is 18.7. The number of benzene rings is 1. The van der Waals surface area contributed by atoms with Gasteiger partial charge in [0.2, 0.25) is 5.91 Å². The molecule has 2 aromatic rings. The Hall–Kier alpha value is -2.53. The van der Waals surface area contributed by atoms with Gasteiger partial charge in [-0.3, -0.25) is 9.36 Å². The molecule has 1 aliphatic carbocycles. The predicted molar refractivity (Wildman–Crippen MR) is 117 cm³/mol. The van der Waals surface area contributed by atoms with E-state index in [1.54, 1.807) is 19.1 Å². The molecule has 1 saturated carbocycles. The number of methoxy groups -OCH3 is 1. The molecule has 1 heterocycles. The number of aromatic nitrogens is 3. The molecular formula is C22H29N5O2S. The number of rotatable bonds is 8. The summed E-state index contributed by atoms with van der Waals surface area (Å²) in [5.74, 6) is 2.44. The van der Waals surface area contributed by atoms with Gasteiger partial charge >= 0.3 is 0 Å². The highest BCUT2D eigenvalue weighted by atomic mass is 32.2. The summed E-state index contributed by atoms with van der Waals surface area (Å²) in [5.41, 5.74) is 0.991. The molecule has 1 aromatic heterocycles. The van der Waals surface area contributed by atoms with Crippen LogP contribution in [0.15, 0.2) is 29.4 Å². The average molecular weight is 428 g/mol. The molecule has 8 heteroatoms. The number of nitrogens with zero attached hydrogens (tertiary/aromatic N) is 5. The van der Waals surface area contributed by atoms with Gasteiger partial charge in [-0.15, -0.1) is 10.2 Å². The molecule has 0 spiro atoms. The zero-order chi connectivity index (χ0) is 21.5. The van der Waals surface area contributed by atoms with Gasteiger partial charge in [0.25, 0.3) is 0 Å². The van der Waals surface area contributed by atoms with E-state index in [0.717, 1.165) is 28.7 Å². The second kappa shape index (κ2) is 10.5. The number of hydrogen-bond acceptors (Lipinski definition) is 6. The van der Waals surface area contributed by atoms with E-state index < -0.39 is 0 Å². The van der Waals surface area contributed by atoms with E-state index in [9.17, 15) is 4.79 Å². The molecule has 1 fully saturated rings. The molecule has 3 rings (SSSR count). The van der Waals surface area contributed by atoms with Crippen molar-refractivity contribution in [3.63, 3.8) is 0 Å². The highest BCUT2D eigenvalue weighted by Crippen LogP contribution is 2.39. The van der Waals surface area contributed by atoms with E-state index in [1.807, 2.05) is 24.3 Å². The minimum atomic E-state index is -0.00695. The lowest BCUT2D eigenvalue weighted by molar-refractivity contribution is -0.127. The summed E-state index contributed by atoms with van der Waals surface area (Å²) < 4.78 is 7.51. The normalized spacial score (nSPS) is 18.6. The summed E-state index contributed by atoms with van der Waals surface area (Å²) in [6.07, 6.45) is 5.05. The monoisotopic (exact) mass is 427 g/mol. The maximum absolute atomic E-state index is 12.4. The summed E-state index contributed by atoms with van der Waals surface area (Å²) >= 11 is 1.43. The third-order valence-electron chi connectivity index (χ3n) is 5.72. The quantitative estimate of drug-likeness (QED) is 0.588. The predicted octanol–water partition coefficient (Wildman–Crippen LogP) is 4.17. The van der Waals surface area contributed by atoms with Crippen molar-refractivity contribution in [2.45, 2.75) is 50.2 Å². The molecular weight excluding hydrogens is 398 g/mol. The fourth-order valence-electron chi connectivity index (χ4n) is 3.87. The van der Waals surface area contributed by atoms with Gasteiger partial charge in [-0.25, -0.2) is 0 Å². The number of hydrogen-bond donors (Lipinski definition) is 0. The first-order valence-electron chi connectivity index (χ1n) is 10.4. The van der Waals surface area contributed by atoms with E-state index in [-0.39, 0.29) is 11.7 Å². The van der Waals surface area contributed by atoms with Crippen LogP contribution in [0.4, 0.5) is 0 Å². The summed E-state index contributed by atoms with van der Waals surface area (Å²) in [6.45, 7) is 2.73. The van der Waals surface area contributed by atoms with Crippen molar-refractivity contribution in [1.82, 2.24) is 19.7 Å². The van der Waals surface area contributed by atoms with Crippen molar-refractivity contribution in [2.75, 3.05) is 26.5 Å². The van der Waals surface area contributed by atoms with Gasteiger partial charge in [0.15, 0.2) is 11.0 Å². The Labute approximate surface area is 182 Å². The summed E-state index contributed by atoms with van der Waals surface area (Å²) in [5, 5.41) is 18.5. The molecule has 1 aromatic carbocycles. The fraction of sp³-hybridized carbons (Fsp3) is 0.545. The molecule has 160 valence electrons. The number of amides is 1. The topological polar surface area (TPSA) is 84.0 Å². The third-order valence-corrected chi connectivity index (χ3v) is 6.65. The second-order valence-electron chi connectivity index (χ2n) is 7.75. The van der Waals surface area contributed by atoms with Gasteiger partial charge in [-0.05, 0) is 43.0 Å². The summed E-state index contributed by atoms with van der Waals surface area (Å²) in [4.78, 5) is 14.0. The van der Waals surface area contributed by atoms with Crippen LogP contribution >= 0.6 is 11.8 Å². The van der Waals surface area contributed by atoms with Crippen LogP contribution in [0, 0.1) is 17.2 Å². The van der Waals surface area contributed by atoms with E-state index in [4.69, 9.17) is 10.00 Å². The lowest BCUT2D eigenvalue weighted by Crippen LogP contribution is -2.29. The van der Waals surface area contributed by atoms with Crippen molar-refractivity contribution in [3.05, 3.63) is 24.3 Å². The number of carbonyl (C=O) groups is 1. The molecule has 1 aliphatic rings. The van der Waals surface area contributed by atoms with Gasteiger partial charge in [-0.2, -0.15) is 5.26 Å². The molecule has 0 N–H and O–H groups in total. The molecule has 2 atom stereocenters. The van der Waals surface area contributed by atoms with Gasteiger partial charge in [0, 0.05) is 25.2 Å². The Balaban J connectivity index is 1.86. The highest BCUT2D eigenvalue weighted by Gasteiger charge is 2.29. The number of carbonyl (C=O) groups excluding carboxylic acids is 1. The average Bonchev–Trinajstić information content (AvgIpc) is 3.19. The first-order chi connectivity index (χ1) is 14.5. The first-order valence-corrected chi connectivity index (χ1v) is 11.4. The molecule has 0 saturated heterocycles. The van der Waals surface area contributed by atoms with Crippen molar-refractivity contribution < 1.29 is 9.53 Å². The van der Waals surface area contributed by atoms with Crippen LogP contribution in [0.5, 0.6) is 5.75 Å². The molecule has 7 nitrogen and oxygen atoms in total. The highest BCUT2D eigenvalue weighted by molar-refractivity contribution is 7.99. The van der Waals surface area contributed by atoms with Crippen LogP contribution in [-0.2, 0) is 4.79 Å². The van der Waals surface area contributed by atoms with Gasteiger partial charge in [0.1, 0.15) is 5.75 Å². The molecule has 0 unspecified atom stereocenters. The smallest absolute Gasteiger partial charge is 0.232 e. The second-order valence-corrected chi connectivity index (χ2v) is 8.69. The molecule has 0 bridgehead atoms. The van der Waals surface area contributed by atoms with E-state index in [2.05, 4.69) is 27.8 Å². The van der Waals surface area contributed by atoms with Crippen LogP contribution in [0.1, 0.15) is 45.1 Å². The van der Waals surface area contributed by atoms with Crippen LogP contribution < -0.4 is 4.74 Å². The maximum atomic E-state index is 12.4. The maximum Gasteiger partial charge on any atom is 0.232 e. The lowest BCUT2D eigenvalue weighted by Gasteiger charge is -2.31. The van der Waals surface area contributed by atoms with Gasteiger partial charge in [0.05, 0.1) is 25.4 Å². The SMILES string of the molecule is COc1ccc(-c2nnc(SCC(=O)N(C)CCC#N)n2[C@H]2CCCC[C@@H]2C)cc1. The van der Waals surface area contributed by atoms with Crippen LogP contribution in [-0.4, -0.2) is 52.0 Å². The van der Waals surface area contributed by atoms with Crippen LogP contribution in [0.25, 0.3) is 11.4 Å². The van der Waals surface area contributed by atoms with E-state index in [0.29, 0.717) is 24.9 Å². The van der Waals surface area contributed by atoms with Crippen molar-refractivity contribution in [3.8, 4) is 23.2 Å². The Morgan fingerprint density at radius 1 is 1.30 bits per heavy atom. The van der Waals surface area contributed by atoms with Crippen LogP contribution in [0.3, 0.4) is 0 Å². The van der Waals surface area contributed by atoms with Crippen molar-refractivity contribution >= 4 is 17.7 Å². The van der Waals surface area contributed by atoms with Gasteiger partial charge < -0.3 is 9.64 Å². The van der Waals surface area contributed by atoms with E-state index in [1.165, 1.54) is 31.0 Å². The first kappa shape index (κ1) is 22.2. The minimum Gasteiger partial charge on any atom is -0.497 e. The lowest BCUT2D eigenvalue weighted by atomic mass is 9.85. The fourth-order valence-corrected chi connectivity index (χ4v) is 4.80. The Morgan fingerprint density at radius 3 is 2.70 bits per heavy atom. The molecule has 30 heavy (non-hydrogen) atoms. The Bertz CT molecular complexity index is 890. The standard InChI is InChI=1S/C22H29N5O2S/c1-16-7-4-5-8-19(16)27-21(17-9-11-18(29-3)12-10-17)24-25-22(27)30-15-20(28)26(2)14-6-13-23/h9-12,16,19H,4-8,14-15H2,1-3H3/t16-,19-/m0/s1. The zero-order valence-electron chi connectivity index (χ0n) is 17.9. The number of nitriles is 1. The Kier molecular flexibility index (Phi) is 7.75. The summed E-state index contributed by atoms with van der Waals surface area (Å²) in [7, 11) is 3.39.